The van der Waals surface area contributed by atoms with Crippen molar-refractivity contribution in [3.05, 3.63) is 28.2 Å². The molecular weight excluding hydrogens is 296 g/mol. The van der Waals surface area contributed by atoms with Gasteiger partial charge >= 0.3 is 0 Å². The Morgan fingerprint density at radius 2 is 2.18 bits per heavy atom. The zero-order valence-corrected chi connectivity index (χ0v) is 12.5. The van der Waals surface area contributed by atoms with Crippen molar-refractivity contribution in [2.45, 2.75) is 25.8 Å². The van der Waals surface area contributed by atoms with E-state index < -0.39 is 0 Å². The molecule has 2 N–H and O–H groups in total. The molecule has 0 aliphatic heterocycles. The number of benzene rings is 1. The van der Waals surface area contributed by atoms with Crippen molar-refractivity contribution in [1.29, 1.82) is 0 Å². The Hall–Kier alpha value is -0.610. The van der Waals surface area contributed by atoms with Crippen molar-refractivity contribution in [2.75, 3.05) is 11.9 Å². The lowest BCUT2D eigenvalue weighted by atomic mass is 10.1. The van der Waals surface area contributed by atoms with Crippen molar-refractivity contribution in [1.82, 2.24) is 0 Å². The lowest BCUT2D eigenvalue weighted by Gasteiger charge is -2.27. The summed E-state index contributed by atoms with van der Waals surface area (Å²) in [6.45, 7) is 2.28. The van der Waals surface area contributed by atoms with Crippen LogP contribution in [0.3, 0.4) is 0 Å². The number of hydrogen-bond donors (Lipinski definition) is 1. The van der Waals surface area contributed by atoms with Crippen LogP contribution >= 0.6 is 28.1 Å². The van der Waals surface area contributed by atoms with E-state index >= 15 is 0 Å². The summed E-state index contributed by atoms with van der Waals surface area (Å²) in [4.78, 5) is 2.76. The van der Waals surface area contributed by atoms with Gasteiger partial charge in [0.05, 0.1) is 0 Å². The van der Waals surface area contributed by atoms with Gasteiger partial charge in [0.2, 0.25) is 0 Å². The van der Waals surface area contributed by atoms with Crippen molar-refractivity contribution in [3.63, 3.8) is 0 Å². The van der Waals surface area contributed by atoms with Crippen LogP contribution in [0.25, 0.3) is 0 Å². The smallest absolute Gasteiger partial charge is 0.105 e. The summed E-state index contributed by atoms with van der Waals surface area (Å²) in [5, 5.41) is 0. The first-order valence-corrected chi connectivity index (χ1v) is 7.03. The predicted octanol–water partition coefficient (Wildman–Crippen LogP) is 3.32. The fourth-order valence-corrected chi connectivity index (χ4v) is 2.94. The average Bonchev–Trinajstić information content (AvgIpc) is 3.10. The first-order valence-electron chi connectivity index (χ1n) is 5.83. The van der Waals surface area contributed by atoms with E-state index in [1.807, 2.05) is 6.07 Å². The Morgan fingerprint density at radius 3 is 2.65 bits per heavy atom. The summed E-state index contributed by atoms with van der Waals surface area (Å²) < 4.78 is 0.970. The maximum atomic E-state index is 5.65. The number of halogens is 1. The van der Waals surface area contributed by atoms with Crippen LogP contribution in [-0.2, 0) is 0 Å². The molecule has 0 saturated heterocycles. The lowest BCUT2D eigenvalue weighted by Crippen LogP contribution is -2.30. The van der Waals surface area contributed by atoms with E-state index in [4.69, 9.17) is 18.0 Å². The third-order valence-corrected chi connectivity index (χ3v) is 4.42. The van der Waals surface area contributed by atoms with Crippen LogP contribution in [0.1, 0.15) is 25.3 Å². The zero-order valence-electron chi connectivity index (χ0n) is 10.1. The van der Waals surface area contributed by atoms with E-state index in [1.54, 1.807) is 0 Å². The highest BCUT2D eigenvalue weighted by atomic mass is 79.9. The lowest BCUT2D eigenvalue weighted by molar-refractivity contribution is 0.609. The van der Waals surface area contributed by atoms with Gasteiger partial charge in [-0.15, -0.1) is 0 Å². The van der Waals surface area contributed by atoms with Gasteiger partial charge < -0.3 is 10.6 Å². The van der Waals surface area contributed by atoms with Gasteiger partial charge in [-0.3, -0.25) is 0 Å². The summed E-state index contributed by atoms with van der Waals surface area (Å²) in [6, 6.07) is 6.75. The van der Waals surface area contributed by atoms with E-state index in [0.717, 1.165) is 16.0 Å². The minimum Gasteiger partial charge on any atom is -0.389 e. The first kappa shape index (κ1) is 12.8. The van der Waals surface area contributed by atoms with Crippen LogP contribution < -0.4 is 10.6 Å². The molecule has 2 rings (SSSR count). The Labute approximate surface area is 116 Å². The maximum absolute atomic E-state index is 5.65. The van der Waals surface area contributed by atoms with Crippen molar-refractivity contribution in [2.24, 2.45) is 11.7 Å². The number of rotatable bonds is 4. The number of thiocarbonyl (C=S) groups is 1. The number of nitrogens with two attached hydrogens (primary N) is 1. The van der Waals surface area contributed by atoms with Crippen LogP contribution in [-0.4, -0.2) is 18.1 Å². The summed E-state index contributed by atoms with van der Waals surface area (Å²) in [5.41, 5.74) is 7.75. The average molecular weight is 313 g/mol. The van der Waals surface area contributed by atoms with Gasteiger partial charge in [-0.25, -0.2) is 0 Å². The maximum Gasteiger partial charge on any atom is 0.105 e. The topological polar surface area (TPSA) is 29.3 Å². The summed E-state index contributed by atoms with van der Waals surface area (Å²) >= 11 is 8.52. The third-order valence-electron chi connectivity index (χ3n) is 3.54. The van der Waals surface area contributed by atoms with Crippen LogP contribution in [0.15, 0.2) is 22.7 Å². The molecule has 92 valence electrons. The van der Waals surface area contributed by atoms with E-state index in [1.165, 1.54) is 18.5 Å². The zero-order chi connectivity index (χ0) is 12.6. The van der Waals surface area contributed by atoms with Crippen molar-refractivity contribution >= 4 is 38.8 Å². The molecule has 0 amide bonds. The van der Waals surface area contributed by atoms with E-state index in [-0.39, 0.29) is 0 Å². The molecular formula is C13H17BrN2S. The molecule has 1 aliphatic carbocycles. The largest absolute Gasteiger partial charge is 0.389 e. The molecule has 2 nitrogen and oxygen atoms in total. The number of nitrogens with zero attached hydrogens (tertiary/aromatic N) is 1. The molecule has 0 bridgehead atoms. The highest BCUT2D eigenvalue weighted by Gasteiger charge is 2.30. The Bertz CT molecular complexity index is 443. The van der Waals surface area contributed by atoms with E-state index in [0.29, 0.717) is 11.0 Å². The molecule has 1 saturated carbocycles. The molecule has 17 heavy (non-hydrogen) atoms. The van der Waals surface area contributed by atoms with Gasteiger partial charge in [0.1, 0.15) is 4.99 Å². The van der Waals surface area contributed by atoms with Gasteiger partial charge in [-0.1, -0.05) is 12.2 Å². The van der Waals surface area contributed by atoms with Crippen LogP contribution in [0.5, 0.6) is 0 Å². The molecule has 0 radical (unpaired) electrons. The van der Waals surface area contributed by atoms with Crippen LogP contribution in [0.2, 0.25) is 0 Å². The molecule has 1 unspecified atom stereocenters. The van der Waals surface area contributed by atoms with Gasteiger partial charge in [-0.2, -0.15) is 0 Å². The third kappa shape index (κ3) is 2.80. The number of hydrogen-bond acceptors (Lipinski definition) is 2. The molecule has 0 spiro atoms. The summed E-state index contributed by atoms with van der Waals surface area (Å²) in [6.07, 6.45) is 2.72. The molecule has 0 heterocycles. The Balaban J connectivity index is 2.21. The predicted molar refractivity (Wildman–Crippen MR) is 80.6 cm³/mol. The molecule has 1 aromatic rings. The highest BCUT2D eigenvalue weighted by Crippen LogP contribution is 2.36. The van der Waals surface area contributed by atoms with E-state index in [2.05, 4.69) is 46.9 Å². The second-order valence-electron chi connectivity index (χ2n) is 4.72. The van der Waals surface area contributed by atoms with Gasteiger partial charge in [0.25, 0.3) is 0 Å². The minimum atomic E-state index is 0.432. The molecule has 0 aromatic heterocycles. The van der Waals surface area contributed by atoms with Crippen molar-refractivity contribution < 1.29 is 0 Å². The molecule has 1 aliphatic rings. The standard InChI is InChI=1S/C13H17BrN2S/c1-8(9-3-4-9)16(2)10-5-6-11(13(15)17)12(14)7-10/h5-9H,3-4H2,1-2H3,(H2,15,17). The quantitative estimate of drug-likeness (QED) is 0.865. The van der Waals surface area contributed by atoms with Crippen molar-refractivity contribution in [3.8, 4) is 0 Å². The Morgan fingerprint density at radius 1 is 1.53 bits per heavy atom. The molecule has 1 aromatic carbocycles. The molecule has 1 fully saturated rings. The van der Waals surface area contributed by atoms with E-state index in [9.17, 15) is 0 Å². The van der Waals surface area contributed by atoms with Gasteiger partial charge in [0.15, 0.2) is 0 Å². The fraction of sp³-hybridized carbons (Fsp3) is 0.462. The molecule has 1 atom stereocenters. The fourth-order valence-electron chi connectivity index (χ4n) is 2.05. The SMILES string of the molecule is CC(C1CC1)N(C)c1ccc(C(N)=S)c(Br)c1. The van der Waals surface area contributed by atoms with Gasteiger partial charge in [-0.05, 0) is 59.8 Å². The summed E-state index contributed by atoms with van der Waals surface area (Å²) in [7, 11) is 2.14. The highest BCUT2D eigenvalue weighted by molar-refractivity contribution is 9.10. The Kier molecular flexibility index (Phi) is 3.73. The summed E-state index contributed by atoms with van der Waals surface area (Å²) in [5.74, 6) is 0.856. The second-order valence-corrected chi connectivity index (χ2v) is 6.01. The van der Waals surface area contributed by atoms with Crippen LogP contribution in [0.4, 0.5) is 5.69 Å². The minimum absolute atomic E-state index is 0.432. The van der Waals surface area contributed by atoms with Gasteiger partial charge in [0, 0.05) is 28.8 Å². The number of anilines is 1. The second kappa shape index (κ2) is 4.94. The first-order chi connectivity index (χ1) is 8.00. The molecule has 4 heteroatoms. The normalized spacial score (nSPS) is 16.6. The van der Waals surface area contributed by atoms with Crippen LogP contribution in [0, 0.1) is 5.92 Å². The monoisotopic (exact) mass is 312 g/mol.